The molecule has 7 nitrogen and oxygen atoms in total. The molecule has 1 saturated carbocycles. The molecule has 4 rings (SSSR count). The Morgan fingerprint density at radius 3 is 2.32 bits per heavy atom. The Bertz CT molecular complexity index is 1090. The van der Waals surface area contributed by atoms with E-state index in [0.29, 0.717) is 11.3 Å². The first-order valence-corrected chi connectivity index (χ1v) is 9.41. The maximum absolute atomic E-state index is 12.9. The second-order valence-corrected chi connectivity index (χ2v) is 7.20. The minimum absolute atomic E-state index is 0.144. The summed E-state index contributed by atoms with van der Waals surface area (Å²) < 4.78 is 0. The van der Waals surface area contributed by atoms with Crippen LogP contribution in [0.5, 0.6) is 0 Å². The fraction of sp³-hybridized carbons (Fsp3) is 0.286. The van der Waals surface area contributed by atoms with Gasteiger partial charge in [-0.3, -0.25) is 9.59 Å². The predicted molar refractivity (Wildman–Crippen MR) is 106 cm³/mol. The molecule has 2 atom stereocenters. The molecule has 1 aliphatic rings. The van der Waals surface area contributed by atoms with Crippen molar-refractivity contribution in [3.8, 4) is 0 Å². The lowest BCUT2D eigenvalue weighted by Gasteiger charge is -2.22. The molecule has 2 amide bonds. The van der Waals surface area contributed by atoms with Gasteiger partial charge < -0.3 is 20.6 Å². The van der Waals surface area contributed by atoms with Crippen molar-refractivity contribution in [3.05, 3.63) is 69.9 Å². The van der Waals surface area contributed by atoms with Gasteiger partial charge >= 0.3 is 5.69 Å². The van der Waals surface area contributed by atoms with Crippen molar-refractivity contribution in [2.45, 2.75) is 38.3 Å². The summed E-state index contributed by atoms with van der Waals surface area (Å²) in [5.41, 5.74) is 0.948. The average Bonchev–Trinajstić information content (AvgIpc) is 3.26. The topological polar surface area (TPSA) is 107 Å². The van der Waals surface area contributed by atoms with Gasteiger partial charge in [-0.15, -0.1) is 0 Å². The molecule has 0 unspecified atom stereocenters. The Hall–Kier alpha value is -3.35. The fourth-order valence-corrected chi connectivity index (χ4v) is 3.91. The molecule has 0 bridgehead atoms. The summed E-state index contributed by atoms with van der Waals surface area (Å²) in [7, 11) is 0. The minimum Gasteiger partial charge on any atom is -0.347 e. The maximum atomic E-state index is 12.9. The summed E-state index contributed by atoms with van der Waals surface area (Å²) in [5, 5.41) is 7.95. The normalized spacial score (nSPS) is 18.9. The van der Waals surface area contributed by atoms with E-state index >= 15 is 0 Å². The highest BCUT2D eigenvalue weighted by Crippen LogP contribution is 2.22. The number of hydrogen-bond donors (Lipinski definition) is 4. The zero-order valence-corrected chi connectivity index (χ0v) is 15.5. The Labute approximate surface area is 161 Å². The quantitative estimate of drug-likeness (QED) is 0.559. The third-order valence-corrected chi connectivity index (χ3v) is 5.32. The monoisotopic (exact) mass is 378 g/mol. The summed E-state index contributed by atoms with van der Waals surface area (Å²) in [4.78, 5) is 41.8. The van der Waals surface area contributed by atoms with Gasteiger partial charge in [0.25, 0.3) is 11.8 Å². The number of rotatable bonds is 4. The molecule has 0 saturated heterocycles. The van der Waals surface area contributed by atoms with Crippen LogP contribution < -0.4 is 16.3 Å². The molecule has 2 aromatic carbocycles. The van der Waals surface area contributed by atoms with E-state index in [1.54, 1.807) is 6.92 Å². The molecule has 4 N–H and O–H groups in total. The van der Waals surface area contributed by atoms with Crippen molar-refractivity contribution < 1.29 is 9.59 Å². The first kappa shape index (κ1) is 18.0. The number of aromatic amines is 2. The van der Waals surface area contributed by atoms with Crippen LogP contribution in [0, 0.1) is 6.92 Å². The van der Waals surface area contributed by atoms with Gasteiger partial charge in [-0.2, -0.15) is 0 Å². The smallest absolute Gasteiger partial charge is 0.323 e. The second-order valence-electron chi connectivity index (χ2n) is 7.20. The molecule has 0 spiro atoms. The summed E-state index contributed by atoms with van der Waals surface area (Å²) in [6.07, 6.45) is 2.48. The number of benzene rings is 2. The summed E-state index contributed by atoms with van der Waals surface area (Å²) in [5.74, 6) is -0.485. The molecule has 28 heavy (non-hydrogen) atoms. The van der Waals surface area contributed by atoms with Crippen LogP contribution in [0.1, 0.15) is 45.8 Å². The zero-order valence-electron chi connectivity index (χ0n) is 15.5. The van der Waals surface area contributed by atoms with E-state index < -0.39 is 5.69 Å². The molecule has 0 aliphatic heterocycles. The van der Waals surface area contributed by atoms with Crippen LogP contribution in [0.3, 0.4) is 0 Å². The summed E-state index contributed by atoms with van der Waals surface area (Å²) in [6, 6.07) is 13.1. The van der Waals surface area contributed by atoms with Crippen LogP contribution in [-0.4, -0.2) is 33.9 Å². The average molecular weight is 378 g/mol. The van der Waals surface area contributed by atoms with E-state index in [1.807, 2.05) is 42.5 Å². The third-order valence-electron chi connectivity index (χ3n) is 5.32. The molecule has 1 heterocycles. The molecule has 7 heteroatoms. The number of hydrogen-bond acceptors (Lipinski definition) is 3. The number of imidazole rings is 1. The van der Waals surface area contributed by atoms with E-state index in [1.165, 1.54) is 0 Å². The van der Waals surface area contributed by atoms with Crippen LogP contribution >= 0.6 is 0 Å². The van der Waals surface area contributed by atoms with Crippen LogP contribution in [0.25, 0.3) is 10.8 Å². The van der Waals surface area contributed by atoms with Gasteiger partial charge in [0.1, 0.15) is 5.69 Å². The molecule has 1 aliphatic carbocycles. The van der Waals surface area contributed by atoms with Crippen LogP contribution in [-0.2, 0) is 0 Å². The van der Waals surface area contributed by atoms with Crippen molar-refractivity contribution in [1.82, 2.24) is 20.6 Å². The SMILES string of the molecule is Cc1[nH]c(=O)[nH]c1C(=O)N[C@@H]1CCC[C@H]1NC(=O)c1cccc2ccccc12. The molecule has 1 fully saturated rings. The number of aromatic nitrogens is 2. The largest absolute Gasteiger partial charge is 0.347 e. The maximum Gasteiger partial charge on any atom is 0.323 e. The Kier molecular flexibility index (Phi) is 4.73. The number of fused-ring (bicyclic) bond motifs is 1. The molecular weight excluding hydrogens is 356 g/mol. The number of amides is 2. The van der Waals surface area contributed by atoms with Gasteiger partial charge in [-0.05, 0) is 43.0 Å². The fourth-order valence-electron chi connectivity index (χ4n) is 3.91. The lowest BCUT2D eigenvalue weighted by Crippen LogP contribution is -2.48. The number of carbonyl (C=O) groups excluding carboxylic acids is 2. The summed E-state index contributed by atoms with van der Waals surface area (Å²) in [6.45, 7) is 1.67. The highest BCUT2D eigenvalue weighted by atomic mass is 16.2. The van der Waals surface area contributed by atoms with E-state index in [9.17, 15) is 14.4 Å². The van der Waals surface area contributed by atoms with Gasteiger partial charge in [0.15, 0.2) is 0 Å². The third kappa shape index (κ3) is 3.43. The predicted octanol–water partition coefficient (Wildman–Crippen LogP) is 2.25. The van der Waals surface area contributed by atoms with E-state index in [2.05, 4.69) is 20.6 Å². The lowest BCUT2D eigenvalue weighted by molar-refractivity contribution is 0.0890. The zero-order chi connectivity index (χ0) is 19.7. The van der Waals surface area contributed by atoms with Crippen molar-refractivity contribution in [3.63, 3.8) is 0 Å². The Morgan fingerprint density at radius 1 is 0.929 bits per heavy atom. The molecule has 1 aromatic heterocycles. The van der Waals surface area contributed by atoms with Gasteiger partial charge in [-0.25, -0.2) is 4.79 Å². The molecule has 0 radical (unpaired) electrons. The van der Waals surface area contributed by atoms with Crippen molar-refractivity contribution >= 4 is 22.6 Å². The number of aryl methyl sites for hydroxylation is 1. The highest BCUT2D eigenvalue weighted by molar-refractivity contribution is 6.07. The van der Waals surface area contributed by atoms with Crippen LogP contribution in [0.4, 0.5) is 0 Å². The molecule has 3 aromatic rings. The number of nitrogens with one attached hydrogen (secondary N) is 4. The van der Waals surface area contributed by atoms with Gasteiger partial charge in [-0.1, -0.05) is 36.4 Å². The Balaban J connectivity index is 1.49. The van der Waals surface area contributed by atoms with E-state index in [-0.39, 0.29) is 29.6 Å². The van der Waals surface area contributed by atoms with Crippen LogP contribution in [0.2, 0.25) is 0 Å². The highest BCUT2D eigenvalue weighted by Gasteiger charge is 2.31. The van der Waals surface area contributed by atoms with Crippen LogP contribution in [0.15, 0.2) is 47.3 Å². The standard InChI is InChI=1S/C21H22N4O3/c1-12-18(25-21(28)22-12)20(27)24-17-11-5-10-16(17)23-19(26)15-9-4-7-13-6-2-3-8-14(13)15/h2-4,6-9,16-17H,5,10-11H2,1H3,(H,23,26)(H,24,27)(H2,22,25,28)/t16-,17-/m1/s1. The number of H-pyrrole nitrogens is 2. The van der Waals surface area contributed by atoms with Crippen molar-refractivity contribution in [2.75, 3.05) is 0 Å². The lowest BCUT2D eigenvalue weighted by atomic mass is 10.0. The first-order chi connectivity index (χ1) is 13.5. The molecule has 144 valence electrons. The van der Waals surface area contributed by atoms with Crippen molar-refractivity contribution in [1.29, 1.82) is 0 Å². The van der Waals surface area contributed by atoms with Gasteiger partial charge in [0.05, 0.1) is 0 Å². The molecular formula is C21H22N4O3. The van der Waals surface area contributed by atoms with Gasteiger partial charge in [0.2, 0.25) is 0 Å². The summed E-state index contributed by atoms with van der Waals surface area (Å²) >= 11 is 0. The Morgan fingerprint density at radius 2 is 1.61 bits per heavy atom. The first-order valence-electron chi connectivity index (χ1n) is 9.41. The van der Waals surface area contributed by atoms with Crippen molar-refractivity contribution in [2.24, 2.45) is 0 Å². The van der Waals surface area contributed by atoms with E-state index in [0.717, 1.165) is 30.0 Å². The second kappa shape index (κ2) is 7.34. The van der Waals surface area contributed by atoms with Gasteiger partial charge in [0, 0.05) is 23.3 Å². The minimum atomic E-state index is -0.408. The number of carbonyl (C=O) groups is 2. The van der Waals surface area contributed by atoms with E-state index in [4.69, 9.17) is 0 Å².